The zero-order chi connectivity index (χ0) is 20.7. The summed E-state index contributed by atoms with van der Waals surface area (Å²) in [6.45, 7) is 11.2. The second kappa shape index (κ2) is 10.1. The number of hydrogen-bond donors (Lipinski definition) is 1. The molecule has 0 fully saturated rings. The van der Waals surface area contributed by atoms with Crippen LogP contribution in [0.1, 0.15) is 53.2 Å². The minimum absolute atomic E-state index is 0.131. The first-order chi connectivity index (χ1) is 13.3. The highest BCUT2D eigenvalue weighted by atomic mass is 32.2. The molecule has 0 amide bonds. The van der Waals surface area contributed by atoms with Gasteiger partial charge >= 0.3 is 0 Å². The predicted octanol–water partition coefficient (Wildman–Crippen LogP) is 4.46. The van der Waals surface area contributed by atoms with Gasteiger partial charge in [0, 0.05) is 17.9 Å². The Morgan fingerprint density at radius 1 is 1.11 bits per heavy atom. The van der Waals surface area contributed by atoms with Gasteiger partial charge in [-0.15, -0.1) is 0 Å². The summed E-state index contributed by atoms with van der Waals surface area (Å²) in [5.74, 6) is 1.04. The van der Waals surface area contributed by atoms with Gasteiger partial charge in [0.2, 0.25) is 10.0 Å². The molecule has 2 rings (SSSR count). The molecule has 0 bridgehead atoms. The van der Waals surface area contributed by atoms with Gasteiger partial charge in [-0.25, -0.2) is 13.4 Å². The highest BCUT2D eigenvalue weighted by Gasteiger charge is 2.35. The molecule has 0 spiro atoms. The lowest BCUT2D eigenvalue weighted by Crippen LogP contribution is -2.45. The summed E-state index contributed by atoms with van der Waals surface area (Å²) >= 11 is 0. The van der Waals surface area contributed by atoms with E-state index in [1.165, 1.54) is 0 Å². The van der Waals surface area contributed by atoms with E-state index in [2.05, 4.69) is 44.6 Å². The number of aromatic nitrogens is 2. The summed E-state index contributed by atoms with van der Waals surface area (Å²) < 4.78 is 34.3. The van der Waals surface area contributed by atoms with Crippen molar-refractivity contribution in [3.63, 3.8) is 0 Å². The molecule has 1 N–H and O–H groups in total. The minimum Gasteiger partial charge on any atom is -0.494 e. The van der Waals surface area contributed by atoms with Crippen LogP contribution in [0.2, 0.25) is 0 Å². The van der Waals surface area contributed by atoms with Crippen molar-refractivity contribution in [2.24, 2.45) is 11.8 Å². The van der Waals surface area contributed by atoms with Crippen LogP contribution in [0, 0.1) is 11.8 Å². The largest absolute Gasteiger partial charge is 0.494 e. The van der Waals surface area contributed by atoms with Crippen molar-refractivity contribution in [3.05, 3.63) is 42.5 Å². The maximum Gasteiger partial charge on any atom is 0.243 e. The van der Waals surface area contributed by atoms with Crippen LogP contribution in [0.5, 0.6) is 5.75 Å². The van der Waals surface area contributed by atoms with Gasteiger partial charge in [0.15, 0.2) is 0 Å². The average molecular weight is 408 g/mol. The number of ether oxygens (including phenoxy) is 1. The maximum atomic E-state index is 13.5. The van der Waals surface area contributed by atoms with E-state index in [0.717, 1.165) is 18.5 Å². The first-order valence-corrected chi connectivity index (χ1v) is 11.4. The third-order valence-corrected chi connectivity index (χ3v) is 6.63. The highest BCUT2D eigenvalue weighted by Crippen LogP contribution is 2.29. The molecule has 0 saturated carbocycles. The number of hydrogen-bond acceptors (Lipinski definition) is 4. The number of aromatic amines is 1. The Labute approximate surface area is 169 Å². The zero-order valence-electron chi connectivity index (χ0n) is 17.6. The van der Waals surface area contributed by atoms with Crippen LogP contribution in [-0.2, 0) is 16.6 Å². The summed E-state index contributed by atoms with van der Waals surface area (Å²) in [4.78, 5) is 7.34. The third-order valence-electron chi connectivity index (χ3n) is 4.78. The average Bonchev–Trinajstić information content (AvgIpc) is 3.14. The van der Waals surface area contributed by atoms with Crippen LogP contribution in [0.15, 0.2) is 41.7 Å². The SMILES string of the molecule is CCCCOc1ccc(S(=O)(=O)N(Cc2cnc[nH]2)C(C(C)C)C(C)C)cc1. The fourth-order valence-corrected chi connectivity index (χ4v) is 5.37. The third kappa shape index (κ3) is 5.58. The molecule has 0 aliphatic rings. The van der Waals surface area contributed by atoms with Crippen molar-refractivity contribution in [1.29, 1.82) is 0 Å². The van der Waals surface area contributed by atoms with Gasteiger partial charge in [-0.3, -0.25) is 0 Å². The van der Waals surface area contributed by atoms with E-state index in [0.29, 0.717) is 12.4 Å². The molecule has 0 aliphatic heterocycles. The Balaban J connectivity index is 2.34. The molecule has 1 aromatic heterocycles. The molecule has 6 nitrogen and oxygen atoms in total. The zero-order valence-corrected chi connectivity index (χ0v) is 18.4. The Morgan fingerprint density at radius 3 is 2.25 bits per heavy atom. The number of rotatable bonds is 11. The van der Waals surface area contributed by atoms with Gasteiger partial charge in [0.25, 0.3) is 0 Å². The van der Waals surface area contributed by atoms with Crippen molar-refractivity contribution < 1.29 is 13.2 Å². The lowest BCUT2D eigenvalue weighted by Gasteiger charge is -2.36. The monoisotopic (exact) mass is 407 g/mol. The van der Waals surface area contributed by atoms with E-state index in [1.54, 1.807) is 41.1 Å². The van der Waals surface area contributed by atoms with Crippen LogP contribution in [-0.4, -0.2) is 35.3 Å². The molecular formula is C21H33N3O3S. The Hall–Kier alpha value is -1.86. The van der Waals surface area contributed by atoms with E-state index < -0.39 is 10.0 Å². The predicted molar refractivity (Wildman–Crippen MR) is 112 cm³/mol. The molecule has 0 unspecified atom stereocenters. The van der Waals surface area contributed by atoms with E-state index in [1.807, 2.05) is 0 Å². The van der Waals surface area contributed by atoms with Gasteiger partial charge in [0.1, 0.15) is 5.75 Å². The number of benzene rings is 1. The summed E-state index contributed by atoms with van der Waals surface area (Å²) in [7, 11) is -3.68. The van der Waals surface area contributed by atoms with Crippen LogP contribution in [0.25, 0.3) is 0 Å². The topological polar surface area (TPSA) is 75.3 Å². The van der Waals surface area contributed by atoms with Gasteiger partial charge in [-0.2, -0.15) is 4.31 Å². The van der Waals surface area contributed by atoms with E-state index in [4.69, 9.17) is 4.74 Å². The molecule has 156 valence electrons. The number of nitrogens with zero attached hydrogens (tertiary/aromatic N) is 2. The quantitative estimate of drug-likeness (QED) is 0.558. The highest BCUT2D eigenvalue weighted by molar-refractivity contribution is 7.89. The summed E-state index contributed by atoms with van der Waals surface area (Å²) in [6, 6.07) is 6.60. The number of H-pyrrole nitrogens is 1. The van der Waals surface area contributed by atoms with E-state index in [-0.39, 0.29) is 29.3 Å². The molecule has 0 aliphatic carbocycles. The van der Waals surface area contributed by atoms with Crippen molar-refractivity contribution in [2.75, 3.05) is 6.61 Å². The van der Waals surface area contributed by atoms with Gasteiger partial charge in [-0.1, -0.05) is 41.0 Å². The smallest absolute Gasteiger partial charge is 0.243 e. The standard InChI is InChI=1S/C21H33N3O3S/c1-6-7-12-27-19-8-10-20(11-9-19)28(25,26)24(14-18-13-22-15-23-18)21(16(2)3)17(4)5/h8-11,13,15-17,21H,6-7,12,14H2,1-5H3,(H,22,23). The first-order valence-electron chi connectivity index (χ1n) is 9.99. The van der Waals surface area contributed by atoms with E-state index in [9.17, 15) is 8.42 Å². The second-order valence-electron chi connectivity index (χ2n) is 7.78. The summed E-state index contributed by atoms with van der Waals surface area (Å²) in [5, 5.41) is 0. The van der Waals surface area contributed by atoms with Crippen LogP contribution < -0.4 is 4.74 Å². The molecule has 1 heterocycles. The van der Waals surface area contributed by atoms with E-state index >= 15 is 0 Å². The van der Waals surface area contributed by atoms with Crippen LogP contribution in [0.3, 0.4) is 0 Å². The summed E-state index contributed by atoms with van der Waals surface area (Å²) in [5.41, 5.74) is 0.773. The molecular weight excluding hydrogens is 374 g/mol. The molecule has 1 aromatic carbocycles. The Bertz CT molecular complexity index is 792. The number of unbranched alkanes of at least 4 members (excludes halogenated alkanes) is 1. The fraction of sp³-hybridized carbons (Fsp3) is 0.571. The summed E-state index contributed by atoms with van der Waals surface area (Å²) in [6.07, 6.45) is 5.27. The molecule has 28 heavy (non-hydrogen) atoms. The van der Waals surface area contributed by atoms with Gasteiger partial charge < -0.3 is 9.72 Å². The molecule has 0 atom stereocenters. The number of imidazole rings is 1. The van der Waals surface area contributed by atoms with Crippen molar-refractivity contribution >= 4 is 10.0 Å². The Morgan fingerprint density at radius 2 is 1.75 bits per heavy atom. The fourth-order valence-electron chi connectivity index (χ4n) is 3.50. The minimum atomic E-state index is -3.68. The molecule has 0 radical (unpaired) electrons. The molecule has 2 aromatic rings. The van der Waals surface area contributed by atoms with Crippen LogP contribution in [0.4, 0.5) is 0 Å². The Kier molecular flexibility index (Phi) is 8.07. The molecule has 0 saturated heterocycles. The number of nitrogens with one attached hydrogen (secondary N) is 1. The molecule has 7 heteroatoms. The van der Waals surface area contributed by atoms with Gasteiger partial charge in [-0.05, 0) is 42.5 Å². The number of sulfonamides is 1. The first kappa shape index (κ1) is 22.4. The maximum absolute atomic E-state index is 13.5. The normalized spacial score (nSPS) is 12.5. The van der Waals surface area contributed by atoms with Crippen molar-refractivity contribution in [3.8, 4) is 5.75 Å². The van der Waals surface area contributed by atoms with Crippen molar-refractivity contribution in [1.82, 2.24) is 14.3 Å². The van der Waals surface area contributed by atoms with Gasteiger partial charge in [0.05, 0.1) is 24.4 Å². The lowest BCUT2D eigenvalue weighted by molar-refractivity contribution is 0.195. The van der Waals surface area contributed by atoms with Crippen LogP contribution >= 0.6 is 0 Å². The lowest BCUT2D eigenvalue weighted by atomic mass is 9.93. The van der Waals surface area contributed by atoms with Crippen molar-refractivity contribution in [2.45, 2.75) is 64.9 Å². The second-order valence-corrected chi connectivity index (χ2v) is 9.67.